The molecular weight excluding hydrogens is 519 g/mol. The summed E-state index contributed by atoms with van der Waals surface area (Å²) in [5, 5.41) is 7.04. The molecule has 4 aromatic rings. The summed E-state index contributed by atoms with van der Waals surface area (Å²) >= 11 is 0. The van der Waals surface area contributed by atoms with E-state index in [1.807, 2.05) is 18.2 Å². The molecule has 0 aliphatic carbocycles. The number of amides is 1. The number of hydrogen-bond donors (Lipinski definition) is 3. The summed E-state index contributed by atoms with van der Waals surface area (Å²) in [5.41, 5.74) is 2.03. The third kappa shape index (κ3) is 5.20. The lowest BCUT2D eigenvalue weighted by molar-refractivity contribution is -0.137. The summed E-state index contributed by atoms with van der Waals surface area (Å²) < 4.78 is 42.0. The molecule has 0 saturated carbocycles. The SMILES string of the molecule is O=C(c1cccc(-c2ccc3c(-c4nc(N[C@H]5CCCNC5)ncc4C(F)(F)F)c[nH]c3c2)c1)N1C=CC=NC1. The number of allylic oxidation sites excluding steroid dienone is 1. The number of alkyl halides is 3. The second kappa shape index (κ2) is 10.6. The molecule has 6 rings (SSSR count). The molecule has 2 aromatic carbocycles. The van der Waals surface area contributed by atoms with Crippen molar-refractivity contribution in [3.05, 3.63) is 78.3 Å². The van der Waals surface area contributed by atoms with Crippen LogP contribution >= 0.6 is 0 Å². The molecule has 3 N–H and O–H groups in total. The number of aromatic amines is 1. The van der Waals surface area contributed by atoms with E-state index in [1.54, 1.807) is 49.0 Å². The number of nitrogens with zero attached hydrogens (tertiary/aromatic N) is 4. The van der Waals surface area contributed by atoms with E-state index >= 15 is 0 Å². The molecule has 204 valence electrons. The van der Waals surface area contributed by atoms with Gasteiger partial charge in [0.05, 0.1) is 5.69 Å². The van der Waals surface area contributed by atoms with Gasteiger partial charge in [0.2, 0.25) is 5.95 Å². The van der Waals surface area contributed by atoms with E-state index in [4.69, 9.17) is 0 Å². The molecule has 1 fully saturated rings. The smallest absolute Gasteiger partial charge is 0.360 e. The van der Waals surface area contributed by atoms with Gasteiger partial charge in [-0.15, -0.1) is 0 Å². The van der Waals surface area contributed by atoms with Crippen molar-refractivity contribution in [3.8, 4) is 22.4 Å². The van der Waals surface area contributed by atoms with Crippen molar-refractivity contribution in [1.29, 1.82) is 0 Å². The van der Waals surface area contributed by atoms with Gasteiger partial charge in [-0.05, 0) is 54.8 Å². The predicted octanol–water partition coefficient (Wildman–Crippen LogP) is 5.47. The molecule has 2 aromatic heterocycles. The molecule has 2 aliphatic rings. The minimum absolute atomic E-state index is 0.0465. The van der Waals surface area contributed by atoms with E-state index in [2.05, 4.69) is 30.6 Å². The number of hydrogen-bond acceptors (Lipinski definition) is 6. The van der Waals surface area contributed by atoms with Gasteiger partial charge in [-0.25, -0.2) is 9.97 Å². The van der Waals surface area contributed by atoms with Gasteiger partial charge in [-0.2, -0.15) is 13.2 Å². The van der Waals surface area contributed by atoms with Crippen molar-refractivity contribution in [2.24, 2.45) is 4.99 Å². The van der Waals surface area contributed by atoms with Crippen LogP contribution in [0.25, 0.3) is 33.3 Å². The lowest BCUT2D eigenvalue weighted by Crippen LogP contribution is -2.38. The van der Waals surface area contributed by atoms with Crippen molar-refractivity contribution in [2.45, 2.75) is 25.1 Å². The number of carbonyl (C=O) groups excluding carboxylic acids is 1. The van der Waals surface area contributed by atoms with Crippen molar-refractivity contribution < 1.29 is 18.0 Å². The highest BCUT2D eigenvalue weighted by molar-refractivity contribution is 5.99. The van der Waals surface area contributed by atoms with Gasteiger partial charge in [0, 0.05) is 59.4 Å². The highest BCUT2D eigenvalue weighted by atomic mass is 19.4. The Balaban J connectivity index is 1.33. The fourth-order valence-corrected chi connectivity index (χ4v) is 5.04. The molecule has 11 heteroatoms. The quantitative estimate of drug-likeness (QED) is 0.309. The van der Waals surface area contributed by atoms with E-state index in [0.717, 1.165) is 36.7 Å². The Labute approximate surface area is 228 Å². The van der Waals surface area contributed by atoms with Crippen LogP contribution < -0.4 is 10.6 Å². The number of piperidine rings is 1. The summed E-state index contributed by atoms with van der Waals surface area (Å²) in [4.78, 5) is 29.9. The largest absolute Gasteiger partial charge is 0.419 e. The lowest BCUT2D eigenvalue weighted by atomic mass is 9.99. The Morgan fingerprint density at radius 1 is 1.12 bits per heavy atom. The summed E-state index contributed by atoms with van der Waals surface area (Å²) in [5.74, 6) is -0.00607. The molecule has 1 atom stereocenters. The number of nitrogens with one attached hydrogen (secondary N) is 3. The van der Waals surface area contributed by atoms with Crippen LogP contribution in [0.5, 0.6) is 0 Å². The molecule has 2 aliphatic heterocycles. The molecular formula is C29H26F3N7O. The summed E-state index contributed by atoms with van der Waals surface area (Å²) in [7, 11) is 0. The molecule has 40 heavy (non-hydrogen) atoms. The number of aromatic nitrogens is 3. The molecule has 0 bridgehead atoms. The van der Waals surface area contributed by atoms with E-state index in [9.17, 15) is 18.0 Å². The zero-order chi connectivity index (χ0) is 27.7. The van der Waals surface area contributed by atoms with Crippen LogP contribution in [0.1, 0.15) is 28.8 Å². The van der Waals surface area contributed by atoms with Crippen molar-refractivity contribution in [1.82, 2.24) is 25.2 Å². The molecule has 4 heterocycles. The normalized spacial score (nSPS) is 17.4. The van der Waals surface area contributed by atoms with Gasteiger partial charge in [0.25, 0.3) is 5.91 Å². The molecule has 0 spiro atoms. The highest BCUT2D eigenvalue weighted by Crippen LogP contribution is 2.39. The van der Waals surface area contributed by atoms with Crippen LogP contribution in [0.3, 0.4) is 0 Å². The molecule has 1 amide bonds. The van der Waals surface area contributed by atoms with Gasteiger partial charge in [0.15, 0.2) is 0 Å². The summed E-state index contributed by atoms with van der Waals surface area (Å²) in [6, 6.07) is 12.7. The molecule has 8 nitrogen and oxygen atoms in total. The van der Waals surface area contributed by atoms with Crippen molar-refractivity contribution in [2.75, 3.05) is 25.1 Å². The van der Waals surface area contributed by atoms with Crippen LogP contribution in [0.4, 0.5) is 19.1 Å². The van der Waals surface area contributed by atoms with Gasteiger partial charge < -0.3 is 15.6 Å². The fourth-order valence-electron chi connectivity index (χ4n) is 5.04. The number of halogens is 3. The first-order valence-corrected chi connectivity index (χ1v) is 13.0. The Kier molecular flexibility index (Phi) is 6.81. The lowest BCUT2D eigenvalue weighted by Gasteiger charge is -2.24. The third-order valence-corrected chi connectivity index (χ3v) is 7.06. The van der Waals surface area contributed by atoms with E-state index in [0.29, 0.717) is 28.6 Å². The Morgan fingerprint density at radius 3 is 2.77 bits per heavy atom. The van der Waals surface area contributed by atoms with E-state index in [-0.39, 0.29) is 30.3 Å². The number of anilines is 1. The number of aliphatic imine (C=N–C) groups is 1. The second-order valence-electron chi connectivity index (χ2n) is 9.77. The minimum Gasteiger partial charge on any atom is -0.360 e. The van der Waals surface area contributed by atoms with Crippen LogP contribution in [0.2, 0.25) is 0 Å². The Bertz CT molecular complexity index is 1620. The van der Waals surface area contributed by atoms with Crippen molar-refractivity contribution >= 4 is 29.0 Å². The summed E-state index contributed by atoms with van der Waals surface area (Å²) in [6.45, 7) is 1.87. The average molecular weight is 546 g/mol. The first kappa shape index (κ1) is 25.8. The topological polar surface area (TPSA) is 98.3 Å². The average Bonchev–Trinajstić information content (AvgIpc) is 3.40. The van der Waals surface area contributed by atoms with Gasteiger partial charge in [-0.3, -0.25) is 14.7 Å². The number of carbonyl (C=O) groups is 1. The van der Waals surface area contributed by atoms with Crippen LogP contribution in [0, 0.1) is 0 Å². The first-order valence-electron chi connectivity index (χ1n) is 13.0. The zero-order valence-electron chi connectivity index (χ0n) is 21.4. The number of H-pyrrole nitrogens is 1. The van der Waals surface area contributed by atoms with E-state index in [1.165, 1.54) is 4.90 Å². The maximum absolute atomic E-state index is 14.0. The van der Waals surface area contributed by atoms with Gasteiger partial charge in [0.1, 0.15) is 12.2 Å². The van der Waals surface area contributed by atoms with Crippen molar-refractivity contribution in [3.63, 3.8) is 0 Å². The maximum atomic E-state index is 14.0. The van der Waals surface area contributed by atoms with Crippen LogP contribution in [-0.2, 0) is 6.18 Å². The highest BCUT2D eigenvalue weighted by Gasteiger charge is 2.36. The Morgan fingerprint density at radius 2 is 2.00 bits per heavy atom. The number of benzene rings is 2. The first-order chi connectivity index (χ1) is 19.4. The third-order valence-electron chi connectivity index (χ3n) is 7.06. The summed E-state index contributed by atoms with van der Waals surface area (Å²) in [6.07, 6.45) is 4.66. The second-order valence-corrected chi connectivity index (χ2v) is 9.77. The predicted molar refractivity (Wildman–Crippen MR) is 148 cm³/mol. The van der Waals surface area contributed by atoms with Crippen LogP contribution in [-0.4, -0.2) is 57.8 Å². The van der Waals surface area contributed by atoms with Gasteiger partial charge in [-0.1, -0.05) is 24.3 Å². The fraction of sp³-hybridized carbons (Fsp3) is 0.241. The van der Waals surface area contributed by atoms with Crippen LogP contribution in [0.15, 0.2) is 72.1 Å². The molecule has 0 unspecified atom stereocenters. The number of rotatable bonds is 5. The minimum atomic E-state index is -4.62. The standard InChI is InChI=1S/C29H26F3N7O/c30-29(31,32)24-16-36-28(37-21-6-2-9-33-14-21)38-26(24)23-15-35-25-13-19(7-8-22(23)25)18-4-1-5-20(12-18)27(40)39-11-3-10-34-17-39/h1,3-5,7-8,10-13,15-16,21,33,35H,2,6,9,14,17H2,(H,36,37,38)/t21-/m0/s1. The molecule has 0 radical (unpaired) electrons. The van der Waals surface area contributed by atoms with Gasteiger partial charge >= 0.3 is 6.18 Å². The Hall–Kier alpha value is -4.51. The monoisotopic (exact) mass is 545 g/mol. The zero-order valence-corrected chi connectivity index (χ0v) is 21.4. The molecule has 1 saturated heterocycles. The van der Waals surface area contributed by atoms with E-state index < -0.39 is 11.7 Å². The number of fused-ring (bicyclic) bond motifs is 1. The maximum Gasteiger partial charge on any atom is 0.419 e.